The van der Waals surface area contributed by atoms with Crippen LogP contribution in [0.5, 0.6) is 5.75 Å². The Labute approximate surface area is 196 Å². The first-order valence-electron chi connectivity index (χ1n) is 11.6. The van der Waals surface area contributed by atoms with E-state index in [1.807, 2.05) is 57.2 Å². The van der Waals surface area contributed by atoms with Crippen molar-refractivity contribution >= 4 is 23.1 Å². The van der Waals surface area contributed by atoms with Crippen LogP contribution < -0.4 is 9.64 Å². The molecule has 174 valence electrons. The zero-order valence-corrected chi connectivity index (χ0v) is 20.2. The Kier molecular flexibility index (Phi) is 6.45. The number of aryl methyl sites for hydroxylation is 2. The fourth-order valence-corrected chi connectivity index (χ4v) is 4.61. The van der Waals surface area contributed by atoms with Crippen molar-refractivity contribution in [3.8, 4) is 5.75 Å². The van der Waals surface area contributed by atoms with Crippen molar-refractivity contribution in [1.82, 2.24) is 9.80 Å². The molecule has 33 heavy (non-hydrogen) atoms. The molecule has 0 aliphatic carbocycles. The summed E-state index contributed by atoms with van der Waals surface area (Å²) >= 11 is 0. The van der Waals surface area contributed by atoms with Gasteiger partial charge in [-0.3, -0.25) is 14.5 Å². The fraction of sp³-hybridized carbons (Fsp3) is 0.407. The molecule has 4 rings (SSSR count). The van der Waals surface area contributed by atoms with Crippen LogP contribution in [0.25, 0.3) is 5.57 Å². The van der Waals surface area contributed by atoms with E-state index in [0.717, 1.165) is 35.7 Å². The first-order valence-corrected chi connectivity index (χ1v) is 11.6. The summed E-state index contributed by atoms with van der Waals surface area (Å²) in [4.78, 5) is 32.8. The molecule has 2 heterocycles. The average molecular weight is 448 g/mol. The van der Waals surface area contributed by atoms with Crippen molar-refractivity contribution in [3.05, 3.63) is 64.9 Å². The monoisotopic (exact) mass is 447 g/mol. The second kappa shape index (κ2) is 9.30. The molecule has 0 radical (unpaired) electrons. The van der Waals surface area contributed by atoms with Crippen LogP contribution in [-0.4, -0.2) is 61.4 Å². The highest BCUT2D eigenvalue weighted by atomic mass is 16.5. The van der Waals surface area contributed by atoms with E-state index in [9.17, 15) is 9.59 Å². The van der Waals surface area contributed by atoms with Crippen LogP contribution in [0.1, 0.15) is 30.5 Å². The lowest BCUT2D eigenvalue weighted by atomic mass is 9.99. The predicted octanol–water partition coefficient (Wildman–Crippen LogP) is 3.87. The van der Waals surface area contributed by atoms with Gasteiger partial charge in [-0.1, -0.05) is 44.2 Å². The first kappa shape index (κ1) is 22.9. The third-order valence-electron chi connectivity index (χ3n) is 6.51. The molecular formula is C27H33N3O3. The number of piperazine rings is 1. The maximum absolute atomic E-state index is 13.5. The number of carbonyl (C=O) groups excluding carboxylic acids is 2. The van der Waals surface area contributed by atoms with Crippen molar-refractivity contribution in [2.45, 2.75) is 27.7 Å². The first-order chi connectivity index (χ1) is 15.8. The molecule has 2 aromatic rings. The third kappa shape index (κ3) is 4.34. The molecule has 0 atom stereocenters. The van der Waals surface area contributed by atoms with Gasteiger partial charge >= 0.3 is 0 Å². The number of imide groups is 1. The molecule has 0 N–H and O–H groups in total. The van der Waals surface area contributed by atoms with Gasteiger partial charge in [0.2, 0.25) is 0 Å². The predicted molar refractivity (Wildman–Crippen MR) is 131 cm³/mol. The summed E-state index contributed by atoms with van der Waals surface area (Å²) in [5, 5.41) is 0. The molecule has 2 amide bonds. The Morgan fingerprint density at radius 2 is 1.55 bits per heavy atom. The van der Waals surface area contributed by atoms with E-state index in [0.29, 0.717) is 30.9 Å². The molecule has 0 unspecified atom stereocenters. The van der Waals surface area contributed by atoms with Crippen molar-refractivity contribution in [2.24, 2.45) is 5.92 Å². The fourth-order valence-electron chi connectivity index (χ4n) is 4.61. The number of para-hydroxylation sites is 2. The zero-order chi connectivity index (χ0) is 23.7. The summed E-state index contributed by atoms with van der Waals surface area (Å²) in [6, 6.07) is 14.0. The normalized spacial score (nSPS) is 17.0. The Balaban J connectivity index is 1.66. The van der Waals surface area contributed by atoms with Crippen LogP contribution in [0.3, 0.4) is 0 Å². The number of nitrogens with zero attached hydrogens (tertiary/aromatic N) is 3. The van der Waals surface area contributed by atoms with E-state index in [1.54, 1.807) is 7.11 Å². The molecule has 1 fully saturated rings. The minimum absolute atomic E-state index is 0.173. The van der Waals surface area contributed by atoms with Crippen LogP contribution in [0.15, 0.2) is 48.2 Å². The van der Waals surface area contributed by atoms with Crippen LogP contribution in [-0.2, 0) is 9.59 Å². The SMILES string of the molecule is COc1ccccc1N1CCN(C2=C(c3ccc(C)c(C)c3)C(=O)N(CC(C)C)C2=O)CC1. The van der Waals surface area contributed by atoms with Crippen molar-refractivity contribution in [1.29, 1.82) is 0 Å². The number of hydrogen-bond donors (Lipinski definition) is 0. The van der Waals surface area contributed by atoms with Gasteiger partial charge in [-0.2, -0.15) is 0 Å². The highest BCUT2D eigenvalue weighted by Gasteiger charge is 2.42. The number of benzene rings is 2. The lowest BCUT2D eigenvalue weighted by Crippen LogP contribution is -2.48. The summed E-state index contributed by atoms with van der Waals surface area (Å²) < 4.78 is 5.53. The Hall–Kier alpha value is -3.28. The second-order valence-electron chi connectivity index (χ2n) is 9.28. The topological polar surface area (TPSA) is 53.1 Å². The lowest BCUT2D eigenvalue weighted by Gasteiger charge is -2.38. The smallest absolute Gasteiger partial charge is 0.277 e. The van der Waals surface area contributed by atoms with Crippen molar-refractivity contribution in [3.63, 3.8) is 0 Å². The van der Waals surface area contributed by atoms with E-state index < -0.39 is 0 Å². The van der Waals surface area contributed by atoms with Crippen LogP contribution >= 0.6 is 0 Å². The molecule has 0 aromatic heterocycles. The number of anilines is 1. The van der Waals surface area contributed by atoms with E-state index in [1.165, 1.54) is 10.5 Å². The maximum atomic E-state index is 13.5. The molecule has 1 saturated heterocycles. The number of ether oxygens (including phenoxy) is 1. The van der Waals surface area contributed by atoms with Crippen molar-refractivity contribution in [2.75, 3.05) is 44.7 Å². The maximum Gasteiger partial charge on any atom is 0.277 e. The molecule has 2 aromatic carbocycles. The number of carbonyl (C=O) groups is 2. The zero-order valence-electron chi connectivity index (χ0n) is 20.2. The van der Waals surface area contributed by atoms with Gasteiger partial charge in [-0.05, 0) is 48.6 Å². The van der Waals surface area contributed by atoms with E-state index in [4.69, 9.17) is 4.74 Å². The van der Waals surface area contributed by atoms with Gasteiger partial charge < -0.3 is 14.5 Å². The molecule has 0 saturated carbocycles. The summed E-state index contributed by atoms with van der Waals surface area (Å²) in [5.74, 6) is 0.698. The third-order valence-corrected chi connectivity index (χ3v) is 6.51. The summed E-state index contributed by atoms with van der Waals surface area (Å²) in [5.41, 5.74) is 5.24. The van der Waals surface area contributed by atoms with Gasteiger partial charge in [0.1, 0.15) is 11.4 Å². The quantitative estimate of drug-likeness (QED) is 0.630. The standard InChI is InChI=1S/C27H33N3O3/c1-18(2)17-30-26(31)24(21-11-10-19(3)20(4)16-21)25(27(30)32)29-14-12-28(13-15-29)22-8-6-7-9-23(22)33-5/h6-11,16,18H,12-15,17H2,1-5H3. The summed E-state index contributed by atoms with van der Waals surface area (Å²) in [6.07, 6.45) is 0. The van der Waals surface area contributed by atoms with Gasteiger partial charge in [0.15, 0.2) is 0 Å². The number of methoxy groups -OCH3 is 1. The summed E-state index contributed by atoms with van der Waals surface area (Å²) in [7, 11) is 1.68. The van der Waals surface area contributed by atoms with E-state index in [-0.39, 0.29) is 17.7 Å². The molecule has 0 spiro atoms. The molecule has 6 nitrogen and oxygen atoms in total. The van der Waals surface area contributed by atoms with Gasteiger partial charge in [-0.25, -0.2) is 0 Å². The van der Waals surface area contributed by atoms with Gasteiger partial charge in [0.25, 0.3) is 11.8 Å². The number of rotatable bonds is 6. The number of hydrogen-bond acceptors (Lipinski definition) is 5. The van der Waals surface area contributed by atoms with Crippen molar-refractivity contribution < 1.29 is 14.3 Å². The second-order valence-corrected chi connectivity index (χ2v) is 9.28. The Morgan fingerprint density at radius 3 is 2.18 bits per heavy atom. The highest BCUT2D eigenvalue weighted by Crippen LogP contribution is 2.35. The number of amides is 2. The van der Waals surface area contributed by atoms with Gasteiger partial charge in [0, 0.05) is 32.7 Å². The minimum Gasteiger partial charge on any atom is -0.495 e. The Morgan fingerprint density at radius 1 is 0.879 bits per heavy atom. The largest absolute Gasteiger partial charge is 0.495 e. The lowest BCUT2D eigenvalue weighted by molar-refractivity contribution is -0.138. The molecule has 6 heteroatoms. The molecule has 0 bridgehead atoms. The average Bonchev–Trinajstić information content (AvgIpc) is 3.05. The van der Waals surface area contributed by atoms with Gasteiger partial charge in [-0.15, -0.1) is 0 Å². The van der Waals surface area contributed by atoms with E-state index >= 15 is 0 Å². The highest BCUT2D eigenvalue weighted by molar-refractivity contribution is 6.35. The van der Waals surface area contributed by atoms with Gasteiger partial charge in [0.05, 0.1) is 18.4 Å². The minimum atomic E-state index is -0.181. The molecule has 2 aliphatic rings. The van der Waals surface area contributed by atoms with E-state index in [2.05, 4.69) is 22.8 Å². The van der Waals surface area contributed by atoms with Crippen LogP contribution in [0.4, 0.5) is 5.69 Å². The molecular weight excluding hydrogens is 414 g/mol. The van der Waals surface area contributed by atoms with Crippen LogP contribution in [0, 0.1) is 19.8 Å². The summed E-state index contributed by atoms with van der Waals surface area (Å²) in [6.45, 7) is 11.4. The Bertz CT molecular complexity index is 1100. The van der Waals surface area contributed by atoms with Crippen LogP contribution in [0.2, 0.25) is 0 Å². The molecule has 2 aliphatic heterocycles.